The summed E-state index contributed by atoms with van der Waals surface area (Å²) in [5.74, 6) is -0.0643. The zero-order valence-corrected chi connectivity index (χ0v) is 15.3. The van der Waals surface area contributed by atoms with Crippen molar-refractivity contribution in [2.75, 3.05) is 26.1 Å². The van der Waals surface area contributed by atoms with E-state index in [1.54, 1.807) is 42.5 Å². The molecule has 8 heteroatoms. The molecule has 142 valence electrons. The van der Waals surface area contributed by atoms with Gasteiger partial charge in [-0.2, -0.15) is 5.10 Å². The number of carbonyl (C=O) groups is 2. The van der Waals surface area contributed by atoms with Crippen molar-refractivity contribution in [2.24, 2.45) is 5.10 Å². The molecular formula is C19H21N3O5. The van der Waals surface area contributed by atoms with E-state index in [1.165, 1.54) is 20.4 Å². The van der Waals surface area contributed by atoms with Crippen molar-refractivity contribution in [2.45, 2.75) is 6.92 Å². The van der Waals surface area contributed by atoms with Crippen LogP contribution < -0.4 is 25.0 Å². The number of hydrazone groups is 1. The number of amides is 2. The number of hydrogen-bond acceptors (Lipinski definition) is 6. The molecule has 0 aliphatic carbocycles. The first-order valence-corrected chi connectivity index (χ1v) is 8.17. The molecule has 0 bridgehead atoms. The average molecular weight is 371 g/mol. The molecule has 0 aromatic heterocycles. The average Bonchev–Trinajstić information content (AvgIpc) is 2.69. The van der Waals surface area contributed by atoms with Crippen LogP contribution in [0.2, 0.25) is 0 Å². The number of nitrogens with one attached hydrogen (secondary N) is 2. The monoisotopic (exact) mass is 371 g/mol. The van der Waals surface area contributed by atoms with E-state index in [1.807, 2.05) is 6.92 Å². The summed E-state index contributed by atoms with van der Waals surface area (Å²) in [6.45, 7) is 2.42. The summed E-state index contributed by atoms with van der Waals surface area (Å²) >= 11 is 0. The molecular weight excluding hydrogens is 350 g/mol. The second-order valence-electron chi connectivity index (χ2n) is 5.19. The Bertz CT molecular complexity index is 819. The van der Waals surface area contributed by atoms with Crippen LogP contribution in [0.3, 0.4) is 0 Å². The smallest absolute Gasteiger partial charge is 0.329 e. The third-order valence-electron chi connectivity index (χ3n) is 3.43. The molecule has 0 unspecified atom stereocenters. The molecule has 0 heterocycles. The van der Waals surface area contributed by atoms with Crippen LogP contribution >= 0.6 is 0 Å². The fraction of sp³-hybridized carbons (Fsp3) is 0.211. The maximum atomic E-state index is 11.9. The molecule has 2 N–H and O–H groups in total. The van der Waals surface area contributed by atoms with E-state index in [0.717, 1.165) is 0 Å². The zero-order chi connectivity index (χ0) is 19.6. The lowest BCUT2D eigenvalue weighted by molar-refractivity contribution is -0.136. The van der Waals surface area contributed by atoms with Gasteiger partial charge in [-0.25, -0.2) is 5.43 Å². The number of hydrogen-bond donors (Lipinski definition) is 2. The highest BCUT2D eigenvalue weighted by atomic mass is 16.5. The maximum absolute atomic E-state index is 11.9. The van der Waals surface area contributed by atoms with Gasteiger partial charge in [-0.15, -0.1) is 0 Å². The van der Waals surface area contributed by atoms with Gasteiger partial charge in [-0.3, -0.25) is 9.59 Å². The molecule has 0 saturated heterocycles. The summed E-state index contributed by atoms with van der Waals surface area (Å²) in [4.78, 5) is 23.8. The summed E-state index contributed by atoms with van der Waals surface area (Å²) in [5, 5.41) is 6.26. The first-order chi connectivity index (χ1) is 13.1. The van der Waals surface area contributed by atoms with Gasteiger partial charge in [0.05, 0.1) is 27.0 Å². The molecule has 0 radical (unpaired) electrons. The Kier molecular flexibility index (Phi) is 7.18. The number of rotatable bonds is 7. The summed E-state index contributed by atoms with van der Waals surface area (Å²) in [6.07, 6.45) is 1.36. The quantitative estimate of drug-likeness (QED) is 0.442. The van der Waals surface area contributed by atoms with Gasteiger partial charge in [0.15, 0.2) is 11.5 Å². The summed E-state index contributed by atoms with van der Waals surface area (Å²) in [7, 11) is 3.02. The van der Waals surface area contributed by atoms with Gasteiger partial charge in [-0.1, -0.05) is 6.07 Å². The maximum Gasteiger partial charge on any atom is 0.329 e. The van der Waals surface area contributed by atoms with Crippen molar-refractivity contribution < 1.29 is 23.8 Å². The van der Waals surface area contributed by atoms with Gasteiger partial charge >= 0.3 is 11.8 Å². The fourth-order valence-corrected chi connectivity index (χ4v) is 2.21. The normalized spacial score (nSPS) is 10.3. The second kappa shape index (κ2) is 9.81. The van der Waals surface area contributed by atoms with Gasteiger partial charge in [0, 0.05) is 11.3 Å². The fourth-order valence-electron chi connectivity index (χ4n) is 2.21. The highest BCUT2D eigenvalue weighted by Gasteiger charge is 2.13. The molecule has 0 atom stereocenters. The molecule has 2 aromatic rings. The van der Waals surface area contributed by atoms with Crippen molar-refractivity contribution in [3.63, 3.8) is 0 Å². The zero-order valence-electron chi connectivity index (χ0n) is 15.3. The van der Waals surface area contributed by atoms with E-state index in [4.69, 9.17) is 14.2 Å². The lowest BCUT2D eigenvalue weighted by Crippen LogP contribution is -2.32. The predicted octanol–water partition coefficient (Wildman–Crippen LogP) is 2.19. The van der Waals surface area contributed by atoms with Crippen LogP contribution in [0.5, 0.6) is 17.2 Å². The van der Waals surface area contributed by atoms with Crippen molar-refractivity contribution in [3.05, 3.63) is 48.0 Å². The number of benzene rings is 2. The van der Waals surface area contributed by atoms with E-state index >= 15 is 0 Å². The third kappa shape index (κ3) is 5.46. The van der Waals surface area contributed by atoms with E-state index in [0.29, 0.717) is 35.1 Å². The standard InChI is InChI=1S/C19H21N3O5/c1-4-27-15-10-8-14(9-11-15)21-18(23)19(24)22-20-12-13-6-5-7-16(25-2)17(13)26-3/h5-12H,4H2,1-3H3,(H,21,23)(H,22,24)/b20-12-. The minimum absolute atomic E-state index is 0.469. The Morgan fingerprint density at radius 1 is 1.04 bits per heavy atom. The lowest BCUT2D eigenvalue weighted by atomic mass is 10.2. The largest absolute Gasteiger partial charge is 0.494 e. The molecule has 0 fully saturated rings. The molecule has 0 aliphatic rings. The SMILES string of the molecule is CCOc1ccc(NC(=O)C(=O)N/N=C\c2cccc(OC)c2OC)cc1. The van der Waals surface area contributed by atoms with E-state index in [-0.39, 0.29) is 0 Å². The Morgan fingerprint density at radius 2 is 1.78 bits per heavy atom. The van der Waals surface area contributed by atoms with Crippen LogP contribution in [0.4, 0.5) is 5.69 Å². The minimum Gasteiger partial charge on any atom is -0.494 e. The molecule has 2 rings (SSSR count). The number of anilines is 1. The molecule has 2 aromatic carbocycles. The van der Waals surface area contributed by atoms with Gasteiger partial charge in [-0.05, 0) is 43.3 Å². The van der Waals surface area contributed by atoms with Crippen molar-refractivity contribution in [1.82, 2.24) is 5.43 Å². The highest BCUT2D eigenvalue weighted by Crippen LogP contribution is 2.29. The van der Waals surface area contributed by atoms with Crippen LogP contribution in [0.15, 0.2) is 47.6 Å². The molecule has 0 spiro atoms. The molecule has 2 amide bonds. The Hall–Kier alpha value is -3.55. The molecule has 0 saturated carbocycles. The van der Waals surface area contributed by atoms with E-state index < -0.39 is 11.8 Å². The molecule has 8 nitrogen and oxygen atoms in total. The molecule has 0 aliphatic heterocycles. The topological polar surface area (TPSA) is 98.2 Å². The van der Waals surface area contributed by atoms with Crippen molar-refractivity contribution >= 4 is 23.7 Å². The van der Waals surface area contributed by atoms with Crippen molar-refractivity contribution in [1.29, 1.82) is 0 Å². The molecule has 27 heavy (non-hydrogen) atoms. The third-order valence-corrected chi connectivity index (χ3v) is 3.43. The Balaban J connectivity index is 1.95. The van der Waals surface area contributed by atoms with Crippen LogP contribution in [-0.4, -0.2) is 38.9 Å². The van der Waals surface area contributed by atoms with E-state index in [2.05, 4.69) is 15.8 Å². The summed E-state index contributed by atoms with van der Waals surface area (Å²) < 4.78 is 15.8. The van der Waals surface area contributed by atoms with Crippen LogP contribution in [0, 0.1) is 0 Å². The van der Waals surface area contributed by atoms with Gasteiger partial charge in [0.25, 0.3) is 0 Å². The second-order valence-corrected chi connectivity index (χ2v) is 5.19. The van der Waals surface area contributed by atoms with Crippen molar-refractivity contribution in [3.8, 4) is 17.2 Å². The first-order valence-electron chi connectivity index (χ1n) is 8.17. The predicted molar refractivity (Wildman–Crippen MR) is 102 cm³/mol. The number of methoxy groups -OCH3 is 2. The number of ether oxygens (including phenoxy) is 3. The number of para-hydroxylation sites is 1. The Labute approximate surface area is 157 Å². The van der Waals surface area contributed by atoms with Gasteiger partial charge in [0.2, 0.25) is 0 Å². The highest BCUT2D eigenvalue weighted by molar-refractivity contribution is 6.39. The summed E-state index contributed by atoms with van der Waals surface area (Å²) in [5.41, 5.74) is 3.23. The Morgan fingerprint density at radius 3 is 2.41 bits per heavy atom. The van der Waals surface area contributed by atoms with Gasteiger partial charge in [0.1, 0.15) is 5.75 Å². The van der Waals surface area contributed by atoms with E-state index in [9.17, 15) is 9.59 Å². The van der Waals surface area contributed by atoms with Crippen LogP contribution in [0.25, 0.3) is 0 Å². The number of carbonyl (C=O) groups excluding carboxylic acids is 2. The minimum atomic E-state index is -0.901. The first kappa shape index (κ1) is 19.8. The van der Waals surface area contributed by atoms with Crippen LogP contribution in [0.1, 0.15) is 12.5 Å². The van der Waals surface area contributed by atoms with Crippen LogP contribution in [-0.2, 0) is 9.59 Å². The number of nitrogens with zero attached hydrogens (tertiary/aromatic N) is 1. The van der Waals surface area contributed by atoms with Gasteiger partial charge < -0.3 is 19.5 Å². The lowest BCUT2D eigenvalue weighted by Gasteiger charge is -2.09. The summed E-state index contributed by atoms with van der Waals surface area (Å²) in [6, 6.07) is 11.9.